The summed E-state index contributed by atoms with van der Waals surface area (Å²) >= 11 is 0. The Morgan fingerprint density at radius 2 is 1.95 bits per heavy atom. The van der Waals surface area contributed by atoms with Crippen LogP contribution >= 0.6 is 0 Å². The van der Waals surface area contributed by atoms with Crippen molar-refractivity contribution in [3.05, 3.63) is 35.9 Å². The maximum absolute atomic E-state index is 5.66. The van der Waals surface area contributed by atoms with E-state index in [1.54, 1.807) is 7.11 Å². The molecule has 2 aliphatic rings. The van der Waals surface area contributed by atoms with Gasteiger partial charge in [0.2, 0.25) is 0 Å². The summed E-state index contributed by atoms with van der Waals surface area (Å²) in [4.78, 5) is 8.15. The summed E-state index contributed by atoms with van der Waals surface area (Å²) in [6.07, 6.45) is 6.32. The molecule has 0 bridgehead atoms. The smallest absolute Gasteiger partial charge is 0.118 e. The highest BCUT2D eigenvalue weighted by molar-refractivity contribution is 5.65. The van der Waals surface area contributed by atoms with Gasteiger partial charge >= 0.3 is 0 Å². The minimum absolute atomic E-state index is 0.144. The van der Waals surface area contributed by atoms with Crippen molar-refractivity contribution in [2.45, 2.75) is 25.4 Å². The summed E-state index contributed by atoms with van der Waals surface area (Å²) in [7, 11) is 1.68. The fourth-order valence-electron chi connectivity index (χ4n) is 2.81. The highest BCUT2D eigenvalue weighted by Crippen LogP contribution is 2.22. The third-order valence-electron chi connectivity index (χ3n) is 3.96. The molecule has 4 nitrogen and oxygen atoms in total. The molecule has 2 aliphatic heterocycles. The first kappa shape index (κ1) is 13.5. The standard InChI is InChI=1S/C16H22N2O2/c1-19-14-7-5-13(6-8-14)16-11-15(20-17-16)12-18-9-3-2-4-10-18/h5-8,11,15,17H,2-4,9-10,12H2,1H3. The number of nitrogens with zero attached hydrogens (tertiary/aromatic N) is 1. The van der Waals surface area contributed by atoms with Gasteiger partial charge in [0.25, 0.3) is 0 Å². The van der Waals surface area contributed by atoms with E-state index in [1.807, 2.05) is 24.3 Å². The Hall–Kier alpha value is -1.52. The molecular formula is C16H22N2O2. The van der Waals surface area contributed by atoms with Crippen LogP contribution in [-0.2, 0) is 4.84 Å². The van der Waals surface area contributed by atoms with E-state index in [0.29, 0.717) is 0 Å². The van der Waals surface area contributed by atoms with E-state index in [4.69, 9.17) is 9.57 Å². The molecule has 2 heterocycles. The average molecular weight is 274 g/mol. The van der Waals surface area contributed by atoms with E-state index in [-0.39, 0.29) is 6.10 Å². The molecule has 4 heteroatoms. The van der Waals surface area contributed by atoms with E-state index in [2.05, 4.69) is 16.5 Å². The fourth-order valence-corrected chi connectivity index (χ4v) is 2.81. The molecule has 0 aliphatic carbocycles. The van der Waals surface area contributed by atoms with Crippen molar-refractivity contribution >= 4 is 5.70 Å². The van der Waals surface area contributed by atoms with Gasteiger partial charge in [-0.25, -0.2) is 0 Å². The minimum atomic E-state index is 0.144. The van der Waals surface area contributed by atoms with Gasteiger partial charge in [-0.05, 0) is 61.8 Å². The van der Waals surface area contributed by atoms with E-state index < -0.39 is 0 Å². The van der Waals surface area contributed by atoms with Crippen LogP contribution < -0.4 is 10.2 Å². The quantitative estimate of drug-likeness (QED) is 0.914. The number of rotatable bonds is 4. The Morgan fingerprint density at radius 3 is 2.65 bits per heavy atom. The monoisotopic (exact) mass is 274 g/mol. The molecule has 1 atom stereocenters. The molecule has 1 unspecified atom stereocenters. The molecule has 20 heavy (non-hydrogen) atoms. The van der Waals surface area contributed by atoms with Gasteiger partial charge in [-0.3, -0.25) is 10.3 Å². The number of hydrogen-bond acceptors (Lipinski definition) is 4. The van der Waals surface area contributed by atoms with Gasteiger partial charge in [0.15, 0.2) is 0 Å². The van der Waals surface area contributed by atoms with Crippen molar-refractivity contribution in [2.24, 2.45) is 0 Å². The largest absolute Gasteiger partial charge is 0.497 e. The zero-order valence-electron chi connectivity index (χ0n) is 12.0. The first-order valence-electron chi connectivity index (χ1n) is 7.35. The number of piperidine rings is 1. The van der Waals surface area contributed by atoms with Gasteiger partial charge in [-0.1, -0.05) is 6.42 Å². The van der Waals surface area contributed by atoms with Crippen LogP contribution in [0.5, 0.6) is 5.75 Å². The summed E-state index contributed by atoms with van der Waals surface area (Å²) in [5.74, 6) is 0.873. The van der Waals surface area contributed by atoms with E-state index in [1.165, 1.54) is 32.4 Å². The van der Waals surface area contributed by atoms with Crippen molar-refractivity contribution in [2.75, 3.05) is 26.7 Å². The lowest BCUT2D eigenvalue weighted by Gasteiger charge is -2.27. The molecule has 0 amide bonds. The van der Waals surface area contributed by atoms with Crippen LogP contribution in [0, 0.1) is 0 Å². The molecule has 1 saturated heterocycles. The zero-order chi connectivity index (χ0) is 13.8. The Balaban J connectivity index is 1.61. The summed E-state index contributed by atoms with van der Waals surface area (Å²) in [5, 5.41) is 0. The molecule has 1 aromatic carbocycles. The summed E-state index contributed by atoms with van der Waals surface area (Å²) in [5.41, 5.74) is 5.23. The number of likely N-dealkylation sites (tertiary alicyclic amines) is 1. The Kier molecular flexibility index (Phi) is 4.23. The number of methoxy groups -OCH3 is 1. The van der Waals surface area contributed by atoms with Crippen molar-refractivity contribution < 1.29 is 9.57 Å². The third kappa shape index (κ3) is 3.14. The second kappa shape index (κ2) is 6.29. The molecule has 3 rings (SSSR count). The lowest BCUT2D eigenvalue weighted by molar-refractivity contribution is 0.0247. The highest BCUT2D eigenvalue weighted by Gasteiger charge is 2.21. The van der Waals surface area contributed by atoms with Crippen molar-refractivity contribution in [3.8, 4) is 5.75 Å². The molecule has 1 N–H and O–H groups in total. The van der Waals surface area contributed by atoms with Crippen LogP contribution in [0.4, 0.5) is 0 Å². The number of nitrogens with one attached hydrogen (secondary N) is 1. The minimum Gasteiger partial charge on any atom is -0.497 e. The molecule has 108 valence electrons. The highest BCUT2D eigenvalue weighted by atomic mass is 16.7. The predicted molar refractivity (Wildman–Crippen MR) is 79.3 cm³/mol. The van der Waals surface area contributed by atoms with Crippen LogP contribution in [0.25, 0.3) is 5.70 Å². The lowest BCUT2D eigenvalue weighted by atomic mass is 10.1. The van der Waals surface area contributed by atoms with Crippen molar-refractivity contribution in [3.63, 3.8) is 0 Å². The summed E-state index contributed by atoms with van der Waals surface area (Å²) in [6, 6.07) is 8.03. The number of benzene rings is 1. The summed E-state index contributed by atoms with van der Waals surface area (Å²) < 4.78 is 5.18. The maximum atomic E-state index is 5.66. The molecule has 0 spiro atoms. The van der Waals surface area contributed by atoms with Crippen molar-refractivity contribution in [1.29, 1.82) is 0 Å². The van der Waals surface area contributed by atoms with E-state index in [9.17, 15) is 0 Å². The van der Waals surface area contributed by atoms with Gasteiger partial charge < -0.3 is 9.64 Å². The maximum Gasteiger partial charge on any atom is 0.118 e. The van der Waals surface area contributed by atoms with Gasteiger partial charge in [0.1, 0.15) is 11.9 Å². The van der Waals surface area contributed by atoms with E-state index >= 15 is 0 Å². The molecule has 1 aromatic rings. The SMILES string of the molecule is COc1ccc(C2=CC(CN3CCCCC3)ON2)cc1. The average Bonchev–Trinajstić information content (AvgIpc) is 2.97. The second-order valence-electron chi connectivity index (χ2n) is 5.43. The Bertz CT molecular complexity index is 464. The van der Waals surface area contributed by atoms with E-state index in [0.717, 1.165) is 23.6 Å². The molecule has 0 aromatic heterocycles. The van der Waals surface area contributed by atoms with Gasteiger partial charge in [0, 0.05) is 6.54 Å². The molecular weight excluding hydrogens is 252 g/mol. The first-order valence-corrected chi connectivity index (χ1v) is 7.35. The van der Waals surface area contributed by atoms with Crippen molar-refractivity contribution in [1.82, 2.24) is 10.4 Å². The second-order valence-corrected chi connectivity index (χ2v) is 5.43. The zero-order valence-corrected chi connectivity index (χ0v) is 12.0. The van der Waals surface area contributed by atoms with Gasteiger partial charge in [0.05, 0.1) is 12.8 Å². The lowest BCUT2D eigenvalue weighted by Crippen LogP contribution is -2.36. The summed E-state index contributed by atoms with van der Waals surface area (Å²) in [6.45, 7) is 3.38. The van der Waals surface area contributed by atoms with Gasteiger partial charge in [-0.15, -0.1) is 0 Å². The van der Waals surface area contributed by atoms with Crippen LogP contribution in [0.15, 0.2) is 30.3 Å². The Labute approximate surface area is 120 Å². The topological polar surface area (TPSA) is 33.7 Å². The molecule has 0 saturated carbocycles. The van der Waals surface area contributed by atoms with Crippen LogP contribution in [-0.4, -0.2) is 37.7 Å². The normalized spacial score (nSPS) is 23.2. The molecule has 0 radical (unpaired) electrons. The number of hydrogen-bond donors (Lipinski definition) is 1. The molecule has 1 fully saturated rings. The number of ether oxygens (including phenoxy) is 1. The predicted octanol–water partition coefficient (Wildman–Crippen LogP) is 2.43. The van der Waals surface area contributed by atoms with Crippen LogP contribution in [0.3, 0.4) is 0 Å². The van der Waals surface area contributed by atoms with Crippen LogP contribution in [0.2, 0.25) is 0 Å². The number of hydroxylamine groups is 1. The first-order chi connectivity index (χ1) is 9.85. The Morgan fingerprint density at radius 1 is 1.20 bits per heavy atom. The fraction of sp³-hybridized carbons (Fsp3) is 0.500. The van der Waals surface area contributed by atoms with Gasteiger partial charge in [-0.2, -0.15) is 0 Å². The van der Waals surface area contributed by atoms with Crippen LogP contribution in [0.1, 0.15) is 24.8 Å². The third-order valence-corrected chi connectivity index (χ3v) is 3.96.